The standard InChI is InChI=1S/C14H9F3N2OS/c1-9-8-21-13(19-9)11(7-18)6-10-2-4-12(5-3-10)20-14(15,16)17/h2-6,8H,1H3/b11-6+. The molecule has 0 spiro atoms. The molecule has 0 atom stereocenters. The second-order valence-electron chi connectivity index (χ2n) is 4.08. The Morgan fingerprint density at radius 3 is 2.48 bits per heavy atom. The molecule has 0 saturated carbocycles. The van der Waals surface area contributed by atoms with Crippen molar-refractivity contribution in [3.05, 3.63) is 45.9 Å². The molecule has 0 N–H and O–H groups in total. The van der Waals surface area contributed by atoms with Gasteiger partial charge in [-0.25, -0.2) is 4.98 Å². The Balaban J connectivity index is 2.22. The molecule has 108 valence electrons. The molecule has 0 saturated heterocycles. The van der Waals surface area contributed by atoms with Crippen LogP contribution in [0.1, 0.15) is 16.3 Å². The van der Waals surface area contributed by atoms with Gasteiger partial charge in [0.1, 0.15) is 16.8 Å². The lowest BCUT2D eigenvalue weighted by Gasteiger charge is -2.08. The number of thiazole rings is 1. The molecule has 7 heteroatoms. The predicted octanol–water partition coefficient (Wildman–Crippen LogP) is 4.41. The summed E-state index contributed by atoms with van der Waals surface area (Å²) < 4.78 is 39.9. The highest BCUT2D eigenvalue weighted by Gasteiger charge is 2.30. The van der Waals surface area contributed by atoms with Crippen LogP contribution in [0.5, 0.6) is 5.75 Å². The molecule has 1 aromatic heterocycles. The maximum atomic E-state index is 12.0. The van der Waals surface area contributed by atoms with Crippen LogP contribution >= 0.6 is 11.3 Å². The van der Waals surface area contributed by atoms with Gasteiger partial charge in [-0.2, -0.15) is 5.26 Å². The molecule has 0 radical (unpaired) electrons. The summed E-state index contributed by atoms with van der Waals surface area (Å²) in [5, 5.41) is 11.5. The van der Waals surface area contributed by atoms with Crippen molar-refractivity contribution < 1.29 is 17.9 Å². The molecule has 0 amide bonds. The fourth-order valence-electron chi connectivity index (χ4n) is 1.55. The van der Waals surface area contributed by atoms with E-state index in [1.165, 1.54) is 35.6 Å². The van der Waals surface area contributed by atoms with Gasteiger partial charge in [-0.1, -0.05) is 12.1 Å². The first kappa shape index (κ1) is 15.1. The Morgan fingerprint density at radius 2 is 2.00 bits per heavy atom. The van der Waals surface area contributed by atoms with E-state index >= 15 is 0 Å². The third-order valence-electron chi connectivity index (χ3n) is 2.39. The third kappa shape index (κ3) is 4.33. The largest absolute Gasteiger partial charge is 0.573 e. The molecule has 0 aliphatic carbocycles. The number of aryl methyl sites for hydroxylation is 1. The van der Waals surface area contributed by atoms with E-state index in [1.54, 1.807) is 6.08 Å². The van der Waals surface area contributed by atoms with Gasteiger partial charge < -0.3 is 4.74 Å². The second kappa shape index (κ2) is 5.97. The minimum absolute atomic E-state index is 0.303. The molecule has 2 aromatic rings. The summed E-state index contributed by atoms with van der Waals surface area (Å²) in [7, 11) is 0. The Morgan fingerprint density at radius 1 is 1.33 bits per heavy atom. The first-order valence-electron chi connectivity index (χ1n) is 5.77. The molecule has 2 rings (SSSR count). The van der Waals surface area contributed by atoms with Crippen molar-refractivity contribution >= 4 is 23.0 Å². The van der Waals surface area contributed by atoms with Crippen LogP contribution in [0.2, 0.25) is 0 Å². The lowest BCUT2D eigenvalue weighted by molar-refractivity contribution is -0.274. The highest BCUT2D eigenvalue weighted by atomic mass is 32.1. The highest BCUT2D eigenvalue weighted by Crippen LogP contribution is 2.25. The second-order valence-corrected chi connectivity index (χ2v) is 4.94. The summed E-state index contributed by atoms with van der Waals surface area (Å²) in [5.74, 6) is -0.303. The van der Waals surface area contributed by atoms with Crippen molar-refractivity contribution in [3.63, 3.8) is 0 Å². The third-order valence-corrected chi connectivity index (χ3v) is 3.39. The van der Waals surface area contributed by atoms with Crippen LogP contribution in [-0.2, 0) is 0 Å². The number of allylic oxidation sites excluding steroid dienone is 1. The van der Waals surface area contributed by atoms with E-state index in [-0.39, 0.29) is 5.75 Å². The van der Waals surface area contributed by atoms with Gasteiger partial charge in [0, 0.05) is 11.1 Å². The van der Waals surface area contributed by atoms with Gasteiger partial charge in [0.15, 0.2) is 0 Å². The summed E-state index contributed by atoms with van der Waals surface area (Å²) in [6, 6.07) is 7.31. The number of alkyl halides is 3. The van der Waals surface area contributed by atoms with Gasteiger partial charge in [-0.15, -0.1) is 24.5 Å². The van der Waals surface area contributed by atoms with Gasteiger partial charge in [0.25, 0.3) is 0 Å². The molecule has 0 bridgehead atoms. The predicted molar refractivity (Wildman–Crippen MR) is 73.5 cm³/mol. The fraction of sp³-hybridized carbons (Fsp3) is 0.143. The summed E-state index contributed by atoms with van der Waals surface area (Å²) >= 11 is 1.34. The van der Waals surface area contributed by atoms with E-state index in [0.717, 1.165) is 5.69 Å². The molecular weight excluding hydrogens is 301 g/mol. The molecular formula is C14H9F3N2OS. The molecule has 1 heterocycles. The summed E-state index contributed by atoms with van der Waals surface area (Å²) in [6.45, 7) is 1.82. The number of halogens is 3. The number of aromatic nitrogens is 1. The van der Waals surface area contributed by atoms with Gasteiger partial charge in [0.2, 0.25) is 0 Å². The van der Waals surface area contributed by atoms with Crippen molar-refractivity contribution in [2.75, 3.05) is 0 Å². The normalized spacial score (nSPS) is 12.0. The lowest BCUT2D eigenvalue weighted by atomic mass is 10.1. The first-order chi connectivity index (χ1) is 9.87. The Hall–Kier alpha value is -2.33. The molecule has 1 aromatic carbocycles. The van der Waals surface area contributed by atoms with E-state index in [9.17, 15) is 13.2 Å². The number of rotatable bonds is 3. The van der Waals surface area contributed by atoms with Crippen LogP contribution in [0.4, 0.5) is 13.2 Å². The van der Waals surface area contributed by atoms with E-state index in [4.69, 9.17) is 5.26 Å². The Labute approximate surface area is 122 Å². The van der Waals surface area contributed by atoms with Crippen LogP contribution in [0.15, 0.2) is 29.6 Å². The number of nitriles is 1. The number of ether oxygens (including phenoxy) is 1. The number of hydrogen-bond acceptors (Lipinski definition) is 4. The lowest BCUT2D eigenvalue weighted by Crippen LogP contribution is -2.16. The molecule has 0 unspecified atom stereocenters. The number of benzene rings is 1. The SMILES string of the molecule is Cc1csc(/C(C#N)=C/c2ccc(OC(F)(F)F)cc2)n1. The highest BCUT2D eigenvalue weighted by molar-refractivity contribution is 7.11. The Kier molecular flexibility index (Phi) is 4.29. The molecule has 0 fully saturated rings. The average molecular weight is 310 g/mol. The van der Waals surface area contributed by atoms with Crippen molar-refractivity contribution in [1.82, 2.24) is 4.98 Å². The van der Waals surface area contributed by atoms with Gasteiger partial charge in [-0.3, -0.25) is 0 Å². The summed E-state index contributed by atoms with van der Waals surface area (Å²) in [6.07, 6.45) is -3.15. The summed E-state index contributed by atoms with van der Waals surface area (Å²) in [5.41, 5.74) is 1.76. The zero-order valence-electron chi connectivity index (χ0n) is 10.8. The Bertz CT molecular complexity index is 696. The van der Waals surface area contributed by atoms with Crippen LogP contribution in [0.25, 0.3) is 11.6 Å². The van der Waals surface area contributed by atoms with E-state index < -0.39 is 6.36 Å². The fourth-order valence-corrected chi connectivity index (χ4v) is 2.32. The van der Waals surface area contributed by atoms with E-state index in [0.29, 0.717) is 16.1 Å². The maximum Gasteiger partial charge on any atom is 0.573 e. The molecule has 0 aliphatic rings. The van der Waals surface area contributed by atoms with E-state index in [1.807, 2.05) is 18.4 Å². The van der Waals surface area contributed by atoms with Crippen LogP contribution in [0, 0.1) is 18.3 Å². The quantitative estimate of drug-likeness (QED) is 0.789. The topological polar surface area (TPSA) is 45.9 Å². The van der Waals surface area contributed by atoms with E-state index in [2.05, 4.69) is 9.72 Å². The smallest absolute Gasteiger partial charge is 0.406 e. The maximum absolute atomic E-state index is 12.0. The van der Waals surface area contributed by atoms with Crippen LogP contribution < -0.4 is 4.74 Å². The number of nitrogens with zero attached hydrogens (tertiary/aromatic N) is 2. The van der Waals surface area contributed by atoms with Crippen molar-refractivity contribution in [2.45, 2.75) is 13.3 Å². The number of hydrogen-bond donors (Lipinski definition) is 0. The molecule has 21 heavy (non-hydrogen) atoms. The van der Waals surface area contributed by atoms with Crippen molar-refractivity contribution in [3.8, 4) is 11.8 Å². The van der Waals surface area contributed by atoms with Crippen LogP contribution in [0.3, 0.4) is 0 Å². The van der Waals surface area contributed by atoms with Crippen LogP contribution in [-0.4, -0.2) is 11.3 Å². The van der Waals surface area contributed by atoms with Crippen molar-refractivity contribution in [1.29, 1.82) is 5.26 Å². The minimum atomic E-state index is -4.71. The zero-order valence-corrected chi connectivity index (χ0v) is 11.6. The van der Waals surface area contributed by atoms with Gasteiger partial charge in [0.05, 0.1) is 5.57 Å². The monoisotopic (exact) mass is 310 g/mol. The molecule has 0 aliphatic heterocycles. The average Bonchev–Trinajstić information content (AvgIpc) is 2.82. The zero-order chi connectivity index (χ0) is 15.5. The van der Waals surface area contributed by atoms with Crippen molar-refractivity contribution in [2.24, 2.45) is 0 Å². The summed E-state index contributed by atoms with van der Waals surface area (Å²) in [4.78, 5) is 4.20. The molecule has 3 nitrogen and oxygen atoms in total. The van der Waals surface area contributed by atoms with Gasteiger partial charge >= 0.3 is 6.36 Å². The van der Waals surface area contributed by atoms with Gasteiger partial charge in [-0.05, 0) is 30.7 Å². The minimum Gasteiger partial charge on any atom is -0.406 e. The first-order valence-corrected chi connectivity index (χ1v) is 6.65.